The minimum Gasteiger partial charge on any atom is -0.286 e. The van der Waals surface area contributed by atoms with Crippen molar-refractivity contribution in [3.63, 3.8) is 0 Å². The molecule has 5 saturated heterocycles. The molecule has 5 aliphatic heterocycles. The molecule has 234 valence electrons. The van der Waals surface area contributed by atoms with Gasteiger partial charge in [-0.3, -0.25) is 42.5 Å². The normalized spacial score (nSPS) is 54.9. The van der Waals surface area contributed by atoms with Gasteiger partial charge in [-0.2, -0.15) is 0 Å². The number of hydrogen-bond acceptors (Lipinski definition) is 9. The summed E-state index contributed by atoms with van der Waals surface area (Å²) in [5, 5.41) is 40.3. The zero-order valence-electron chi connectivity index (χ0n) is 25.6. The van der Waals surface area contributed by atoms with Crippen molar-refractivity contribution in [2.24, 2.45) is 47.3 Å². The number of nitrogens with one attached hydrogen (secondary N) is 8. The Hall–Kier alpha value is -0.830. The Morgan fingerprint density at radius 3 is 0.500 bits per heavy atom. The fourth-order valence-electron chi connectivity index (χ4n) is 12.0. The first-order chi connectivity index (χ1) is 20.8. The molecule has 0 aromatic heterocycles. The van der Waals surface area contributed by atoms with Crippen molar-refractivity contribution in [2.75, 3.05) is 0 Å². The van der Waals surface area contributed by atoms with Crippen LogP contribution in [0.2, 0.25) is 0 Å². The molecule has 9 heteroatoms. The second-order valence-electron chi connectivity index (χ2n) is 15.6. The van der Waals surface area contributed by atoms with Crippen molar-refractivity contribution >= 4 is 0 Å². The molecular formula is C33H57N9. The quantitative estimate of drug-likeness (QED) is 0.219. The summed E-state index contributed by atoms with van der Waals surface area (Å²) in [5.74, 6) is 5.97. The molecule has 0 spiro atoms. The molecule has 4 saturated carbocycles. The Labute approximate surface area is 253 Å². The number of rotatable bonds is 0. The van der Waals surface area contributed by atoms with E-state index in [0.717, 1.165) is 47.3 Å². The monoisotopic (exact) mass is 579 g/mol. The van der Waals surface area contributed by atoms with Gasteiger partial charge < -0.3 is 0 Å². The molecular weight excluding hydrogens is 522 g/mol. The Kier molecular flexibility index (Phi) is 8.29. The lowest BCUT2D eigenvalue weighted by atomic mass is 9.76. The summed E-state index contributed by atoms with van der Waals surface area (Å²) in [6.45, 7) is 3.50. The zero-order chi connectivity index (χ0) is 28.2. The van der Waals surface area contributed by atoms with E-state index in [1.165, 1.54) is 103 Å². The summed E-state index contributed by atoms with van der Waals surface area (Å²) >= 11 is 0. The van der Waals surface area contributed by atoms with Gasteiger partial charge in [0.15, 0.2) is 0 Å². The molecule has 9 fully saturated rings. The Bertz CT molecular complexity index is 753. The van der Waals surface area contributed by atoms with Crippen LogP contribution >= 0.6 is 0 Å². The number of fused-ring (bicyclic) bond motifs is 20. The topological polar surface area (TPSA) is 120 Å². The van der Waals surface area contributed by atoms with Gasteiger partial charge in [-0.25, -0.2) is 5.26 Å². The van der Waals surface area contributed by atoms with Crippen molar-refractivity contribution in [3.8, 4) is 6.57 Å². The summed E-state index contributed by atoms with van der Waals surface area (Å²) in [4.78, 5) is 0. The van der Waals surface area contributed by atoms with E-state index in [0.29, 0.717) is 49.3 Å². The average Bonchev–Trinajstić information content (AvgIpc) is 3.78. The SMILES string of the molecule is C#N.C1CCC2C3NC(NC4NC(NC5NC(NC6NC(N3)C3CCCCC63)C3CCCCC53)C3CCCCC43)C2C1. The highest BCUT2D eigenvalue weighted by atomic mass is 15.4. The van der Waals surface area contributed by atoms with Gasteiger partial charge in [-0.15, -0.1) is 0 Å². The van der Waals surface area contributed by atoms with Crippen molar-refractivity contribution in [1.82, 2.24) is 42.5 Å². The molecule has 42 heavy (non-hydrogen) atoms. The van der Waals surface area contributed by atoms with E-state index in [1.54, 1.807) is 0 Å². The second-order valence-corrected chi connectivity index (χ2v) is 15.6. The molecule has 8 unspecified atom stereocenters. The lowest BCUT2D eigenvalue weighted by molar-refractivity contribution is 0.167. The highest BCUT2D eigenvalue weighted by molar-refractivity contribution is 5.08. The minimum atomic E-state index is 0.420. The van der Waals surface area contributed by atoms with E-state index in [1.807, 2.05) is 0 Å². The summed E-state index contributed by atoms with van der Waals surface area (Å²) < 4.78 is 0. The van der Waals surface area contributed by atoms with Gasteiger partial charge in [-0.1, -0.05) is 51.4 Å². The largest absolute Gasteiger partial charge is 0.286 e. The fraction of sp³-hybridized carbons (Fsp3) is 0.970. The molecule has 9 rings (SSSR count). The van der Waals surface area contributed by atoms with Gasteiger partial charge in [0.05, 0.1) is 49.3 Å². The van der Waals surface area contributed by atoms with Crippen molar-refractivity contribution in [3.05, 3.63) is 0 Å². The molecule has 9 aliphatic rings. The molecule has 8 atom stereocenters. The third-order valence-corrected chi connectivity index (χ3v) is 13.8. The molecule has 9 nitrogen and oxygen atoms in total. The summed E-state index contributed by atoms with van der Waals surface area (Å²) in [6.07, 6.45) is 25.6. The predicted molar refractivity (Wildman–Crippen MR) is 164 cm³/mol. The van der Waals surface area contributed by atoms with Crippen LogP contribution in [0, 0.1) is 59.2 Å². The van der Waals surface area contributed by atoms with Gasteiger partial charge in [0.1, 0.15) is 0 Å². The molecule has 8 bridgehead atoms. The third-order valence-electron chi connectivity index (χ3n) is 13.8. The molecule has 4 aliphatic carbocycles. The maximum atomic E-state index is 6.50. The Morgan fingerprint density at radius 1 is 0.262 bits per heavy atom. The van der Waals surface area contributed by atoms with Crippen LogP contribution < -0.4 is 42.5 Å². The molecule has 5 heterocycles. The van der Waals surface area contributed by atoms with Gasteiger partial charge in [0.25, 0.3) is 0 Å². The number of nitriles is 1. The van der Waals surface area contributed by atoms with Crippen molar-refractivity contribution in [2.45, 2.75) is 152 Å². The van der Waals surface area contributed by atoms with Gasteiger partial charge in [0.2, 0.25) is 0 Å². The molecule has 0 aromatic carbocycles. The summed E-state index contributed by atoms with van der Waals surface area (Å²) in [6, 6.07) is 0. The van der Waals surface area contributed by atoms with Crippen LogP contribution in [-0.4, -0.2) is 49.3 Å². The zero-order valence-corrected chi connectivity index (χ0v) is 25.6. The minimum absolute atomic E-state index is 0.420. The van der Waals surface area contributed by atoms with Crippen LogP contribution in [0.4, 0.5) is 0 Å². The molecule has 8 N–H and O–H groups in total. The third kappa shape index (κ3) is 4.97. The lowest BCUT2D eigenvalue weighted by Gasteiger charge is -2.35. The average molecular weight is 580 g/mol. The smallest absolute Gasteiger partial charge is 0.0628 e. The van der Waals surface area contributed by atoms with Gasteiger partial charge >= 0.3 is 0 Å². The fourth-order valence-corrected chi connectivity index (χ4v) is 12.0. The van der Waals surface area contributed by atoms with E-state index < -0.39 is 0 Å². The first-order valence-electron chi connectivity index (χ1n) is 18.1. The number of hydrogen-bond donors (Lipinski definition) is 8. The van der Waals surface area contributed by atoms with Crippen LogP contribution in [0.25, 0.3) is 0 Å². The van der Waals surface area contributed by atoms with Crippen molar-refractivity contribution < 1.29 is 0 Å². The van der Waals surface area contributed by atoms with Crippen molar-refractivity contribution in [1.29, 1.82) is 5.26 Å². The molecule has 0 amide bonds. The molecule has 0 aromatic rings. The maximum Gasteiger partial charge on any atom is 0.0628 e. The molecule has 0 radical (unpaired) electrons. The van der Waals surface area contributed by atoms with E-state index in [2.05, 4.69) is 49.1 Å². The van der Waals surface area contributed by atoms with Gasteiger partial charge in [0, 0.05) is 6.57 Å². The van der Waals surface area contributed by atoms with Gasteiger partial charge in [-0.05, 0) is 98.7 Å². The van der Waals surface area contributed by atoms with E-state index >= 15 is 0 Å². The Balaban J connectivity index is 0.00000131. The number of nitrogens with zero attached hydrogens (tertiary/aromatic N) is 1. The lowest BCUT2D eigenvalue weighted by Crippen LogP contribution is -2.61. The Morgan fingerprint density at radius 2 is 0.381 bits per heavy atom. The van der Waals surface area contributed by atoms with Crippen LogP contribution in [0.5, 0.6) is 0 Å². The summed E-state index contributed by atoms with van der Waals surface area (Å²) in [5.41, 5.74) is 0. The van der Waals surface area contributed by atoms with Crippen LogP contribution in [0.3, 0.4) is 0 Å². The predicted octanol–water partition coefficient (Wildman–Crippen LogP) is 2.75. The van der Waals surface area contributed by atoms with E-state index in [-0.39, 0.29) is 0 Å². The highest BCUT2D eigenvalue weighted by Crippen LogP contribution is 2.45. The maximum absolute atomic E-state index is 6.50. The van der Waals surface area contributed by atoms with Crippen LogP contribution in [0.15, 0.2) is 0 Å². The van der Waals surface area contributed by atoms with E-state index in [4.69, 9.17) is 5.26 Å². The standard InChI is InChI=1S/C32H56N8.CHN/c1-2-10-18-17(9-1)25-33-26(18)38-28-21-13-5-6-14-22(21)30(35-28)40-32-24-16-8-7-15-23(24)31(36-32)39-29-20-12-4-3-11-19(20)27(34-29)37-25;1-2/h17-40H,1-16H2;1H. The first-order valence-corrected chi connectivity index (χ1v) is 18.1. The van der Waals surface area contributed by atoms with Crippen LogP contribution in [-0.2, 0) is 0 Å². The highest BCUT2D eigenvalue weighted by Gasteiger charge is 2.54. The van der Waals surface area contributed by atoms with E-state index in [9.17, 15) is 0 Å². The first kappa shape index (κ1) is 28.6. The second kappa shape index (κ2) is 12.2. The van der Waals surface area contributed by atoms with Crippen LogP contribution in [0.1, 0.15) is 103 Å². The summed E-state index contributed by atoms with van der Waals surface area (Å²) in [7, 11) is 0.